The molecule has 2 aromatic rings. The highest BCUT2D eigenvalue weighted by Crippen LogP contribution is 2.38. The molecule has 1 aliphatic rings. The molecule has 0 N–H and O–H groups in total. The maximum absolute atomic E-state index is 13.3. The molecule has 0 aromatic heterocycles. The lowest BCUT2D eigenvalue weighted by molar-refractivity contribution is -0.103. The van der Waals surface area contributed by atoms with Crippen molar-refractivity contribution in [3.05, 3.63) is 77.5 Å². The summed E-state index contributed by atoms with van der Waals surface area (Å²) in [5.41, 5.74) is 2.37. The molecule has 1 aliphatic heterocycles. The molecule has 1 heterocycles. The van der Waals surface area contributed by atoms with Crippen LogP contribution >= 0.6 is 0 Å². The van der Waals surface area contributed by atoms with Gasteiger partial charge in [0.25, 0.3) is 0 Å². The molecule has 0 saturated heterocycles. The van der Waals surface area contributed by atoms with Crippen molar-refractivity contribution < 1.29 is 8.95 Å². The van der Waals surface area contributed by atoms with Crippen LogP contribution in [0.3, 0.4) is 0 Å². The summed E-state index contributed by atoms with van der Waals surface area (Å²) in [7, 11) is -1.46. The number of allylic oxidation sites excluding steroid dienone is 1. The van der Waals surface area contributed by atoms with E-state index < -0.39 is 22.8 Å². The number of hydrogen-bond donors (Lipinski definition) is 0. The number of benzene rings is 2. The molecule has 0 aliphatic carbocycles. The van der Waals surface area contributed by atoms with Crippen molar-refractivity contribution in [2.75, 3.05) is 0 Å². The van der Waals surface area contributed by atoms with Crippen LogP contribution in [0, 0.1) is 18.3 Å². The lowest BCUT2D eigenvalue weighted by Crippen LogP contribution is -2.43. The molecule has 2 aromatic carbocycles. The van der Waals surface area contributed by atoms with Gasteiger partial charge >= 0.3 is 0 Å². The summed E-state index contributed by atoms with van der Waals surface area (Å²) < 4.78 is 21.3. The number of nitrogens with zero attached hydrogens (tertiary/aromatic N) is 2. The van der Waals surface area contributed by atoms with Gasteiger partial charge in [-0.1, -0.05) is 48.0 Å². The van der Waals surface area contributed by atoms with Crippen molar-refractivity contribution in [2.24, 2.45) is 0 Å². The summed E-state index contributed by atoms with van der Waals surface area (Å²) in [4.78, 5) is 0.694. The van der Waals surface area contributed by atoms with E-state index in [1.807, 2.05) is 82.3 Å². The Labute approximate surface area is 170 Å². The Morgan fingerprint density at radius 2 is 1.75 bits per heavy atom. The van der Waals surface area contributed by atoms with Crippen molar-refractivity contribution in [2.45, 2.75) is 56.8 Å². The van der Waals surface area contributed by atoms with Crippen molar-refractivity contribution in [3.63, 3.8) is 0 Å². The largest absolute Gasteiger partial charge is 0.352 e. The fraction of sp³-hybridized carbons (Fsp3) is 0.348. The van der Waals surface area contributed by atoms with Crippen LogP contribution in [0.15, 0.2) is 71.3 Å². The van der Waals surface area contributed by atoms with Crippen molar-refractivity contribution in [1.29, 1.82) is 5.26 Å². The molecule has 146 valence electrons. The molecular weight excluding hydrogens is 368 g/mol. The third kappa shape index (κ3) is 4.70. The van der Waals surface area contributed by atoms with Gasteiger partial charge in [-0.3, -0.25) is 4.31 Å². The van der Waals surface area contributed by atoms with E-state index >= 15 is 0 Å². The van der Waals surface area contributed by atoms with Gasteiger partial charge in [-0.25, -0.2) is 4.21 Å². The molecule has 0 amide bonds. The lowest BCUT2D eigenvalue weighted by atomic mass is 9.87. The highest BCUT2D eigenvalue weighted by molar-refractivity contribution is 7.82. The van der Waals surface area contributed by atoms with Gasteiger partial charge in [0.1, 0.15) is 6.23 Å². The highest BCUT2D eigenvalue weighted by Gasteiger charge is 2.36. The summed E-state index contributed by atoms with van der Waals surface area (Å²) in [5, 5.41) is 9.76. The molecule has 0 fully saturated rings. The molecule has 0 saturated carbocycles. The fourth-order valence-corrected chi connectivity index (χ4v) is 4.45. The lowest BCUT2D eigenvalue weighted by Gasteiger charge is -2.39. The quantitative estimate of drug-likeness (QED) is 0.729. The van der Waals surface area contributed by atoms with Gasteiger partial charge in [0.15, 0.2) is 11.0 Å². The number of hydrogen-bond acceptors (Lipinski definition) is 3. The average Bonchev–Trinajstić information content (AvgIpc) is 2.67. The summed E-state index contributed by atoms with van der Waals surface area (Å²) >= 11 is 0. The summed E-state index contributed by atoms with van der Waals surface area (Å²) in [6, 6.07) is 19.9. The van der Waals surface area contributed by atoms with Crippen molar-refractivity contribution in [1.82, 2.24) is 4.31 Å². The number of nitriles is 1. The maximum Gasteiger partial charge on any atom is 0.154 e. The first-order valence-corrected chi connectivity index (χ1v) is 10.5. The Morgan fingerprint density at radius 1 is 1.11 bits per heavy atom. The van der Waals surface area contributed by atoms with E-state index in [2.05, 4.69) is 6.07 Å². The zero-order chi connectivity index (χ0) is 20.3. The van der Waals surface area contributed by atoms with Gasteiger partial charge < -0.3 is 4.74 Å². The molecular formula is C23H26N2O2S. The first-order valence-electron chi connectivity index (χ1n) is 9.40. The first kappa shape index (κ1) is 20.3. The van der Waals surface area contributed by atoms with E-state index in [1.165, 1.54) is 0 Å². The molecule has 0 radical (unpaired) electrons. The van der Waals surface area contributed by atoms with Crippen LogP contribution in [-0.4, -0.2) is 20.3 Å². The van der Waals surface area contributed by atoms with Gasteiger partial charge in [0, 0.05) is 18.5 Å². The third-order valence-electron chi connectivity index (χ3n) is 4.60. The number of rotatable bonds is 4. The first-order chi connectivity index (χ1) is 13.3. The van der Waals surface area contributed by atoms with Gasteiger partial charge in [0.05, 0.1) is 22.1 Å². The Balaban J connectivity index is 2.01. The van der Waals surface area contributed by atoms with Crippen LogP contribution in [0.5, 0.6) is 0 Å². The van der Waals surface area contributed by atoms with Crippen LogP contribution in [0.1, 0.15) is 44.2 Å². The summed E-state index contributed by atoms with van der Waals surface area (Å²) in [6.45, 7) is 7.96. The van der Waals surface area contributed by atoms with Crippen molar-refractivity contribution >= 4 is 11.0 Å². The smallest absolute Gasteiger partial charge is 0.154 e. The second-order valence-corrected chi connectivity index (χ2v) is 9.39. The second-order valence-electron chi connectivity index (χ2n) is 8.00. The molecule has 3 rings (SSSR count). The van der Waals surface area contributed by atoms with Crippen LogP contribution < -0.4 is 0 Å². The Kier molecular flexibility index (Phi) is 6.02. The minimum atomic E-state index is -1.46. The van der Waals surface area contributed by atoms with Gasteiger partial charge in [-0.2, -0.15) is 5.26 Å². The van der Waals surface area contributed by atoms with E-state index in [-0.39, 0.29) is 5.92 Å². The Bertz CT molecular complexity index is 908. The summed E-state index contributed by atoms with van der Waals surface area (Å²) in [6.07, 6.45) is 1.88. The summed E-state index contributed by atoms with van der Waals surface area (Å²) in [5.74, 6) is -0.0789. The van der Waals surface area contributed by atoms with E-state index in [0.717, 1.165) is 11.1 Å². The van der Waals surface area contributed by atoms with E-state index in [9.17, 15) is 9.47 Å². The van der Waals surface area contributed by atoms with E-state index in [4.69, 9.17) is 4.74 Å². The maximum atomic E-state index is 13.3. The molecule has 4 nitrogen and oxygen atoms in total. The van der Waals surface area contributed by atoms with Crippen LogP contribution in [-0.2, 0) is 15.7 Å². The van der Waals surface area contributed by atoms with Gasteiger partial charge in [-0.15, -0.1) is 0 Å². The monoisotopic (exact) mass is 394 g/mol. The van der Waals surface area contributed by atoms with Gasteiger partial charge in [-0.05, 0) is 45.4 Å². The Hall–Kier alpha value is -2.42. The molecule has 3 atom stereocenters. The highest BCUT2D eigenvalue weighted by atomic mass is 32.2. The van der Waals surface area contributed by atoms with Crippen LogP contribution in [0.25, 0.3) is 0 Å². The average molecular weight is 395 g/mol. The zero-order valence-electron chi connectivity index (χ0n) is 16.8. The standard InChI is InChI=1S/C23H26N2O2S/c1-17-10-12-20(13-11-17)28(26)25-16-19(15-24)21(18-8-6-5-7-9-18)14-22(25)27-23(2,3)4/h5-13,16,21-22H,14H2,1-4H3/t21-,22+,28?/m1/s1. The van der Waals surface area contributed by atoms with E-state index in [1.54, 1.807) is 10.5 Å². The van der Waals surface area contributed by atoms with Gasteiger partial charge in [0.2, 0.25) is 0 Å². The molecule has 5 heteroatoms. The molecule has 0 bridgehead atoms. The topological polar surface area (TPSA) is 53.3 Å². The third-order valence-corrected chi connectivity index (χ3v) is 6.00. The molecule has 28 heavy (non-hydrogen) atoms. The van der Waals surface area contributed by atoms with Crippen LogP contribution in [0.2, 0.25) is 0 Å². The minimum absolute atomic E-state index is 0.0789. The second kappa shape index (κ2) is 8.30. The van der Waals surface area contributed by atoms with Crippen molar-refractivity contribution in [3.8, 4) is 6.07 Å². The van der Waals surface area contributed by atoms with E-state index in [0.29, 0.717) is 16.9 Å². The minimum Gasteiger partial charge on any atom is -0.352 e. The predicted molar refractivity (Wildman–Crippen MR) is 112 cm³/mol. The predicted octanol–water partition coefficient (Wildman–Crippen LogP) is 5.06. The normalized spacial score (nSPS) is 21.0. The number of ether oxygens (including phenoxy) is 1. The molecule has 1 unspecified atom stereocenters. The Morgan fingerprint density at radius 3 is 2.32 bits per heavy atom. The van der Waals surface area contributed by atoms with Crippen LogP contribution in [0.4, 0.5) is 0 Å². The fourth-order valence-electron chi connectivity index (χ4n) is 3.29. The zero-order valence-corrected chi connectivity index (χ0v) is 17.6. The molecule has 0 spiro atoms. The SMILES string of the molecule is Cc1ccc(S(=O)N2C=C(C#N)[C@@H](c3ccccc3)C[C@@H]2OC(C)(C)C)cc1. The number of aryl methyl sites for hydroxylation is 1.